The highest BCUT2D eigenvalue weighted by Gasteiger charge is 2.10. The molecule has 4 nitrogen and oxygen atoms in total. The molecule has 0 radical (unpaired) electrons. The number of carbonyl (C=O) groups is 1. The molecule has 0 spiro atoms. The predicted molar refractivity (Wildman–Crippen MR) is 66.4 cm³/mol. The Balaban J connectivity index is 2.17. The number of nitrogens with one attached hydrogen (secondary N) is 1. The molecule has 0 aliphatic carbocycles. The SMILES string of the molecule is O=C(Nc1ccc(Cl)cn1)c1cccnc1Cl. The van der Waals surface area contributed by atoms with Crippen LogP contribution >= 0.6 is 23.2 Å². The third-order valence-corrected chi connectivity index (χ3v) is 2.50. The molecule has 17 heavy (non-hydrogen) atoms. The van der Waals surface area contributed by atoms with Crippen LogP contribution in [-0.2, 0) is 0 Å². The largest absolute Gasteiger partial charge is 0.306 e. The van der Waals surface area contributed by atoms with Crippen LogP contribution in [0.25, 0.3) is 0 Å². The molecule has 1 N–H and O–H groups in total. The van der Waals surface area contributed by atoms with Gasteiger partial charge in [-0.05, 0) is 24.3 Å². The molecule has 0 aliphatic rings. The van der Waals surface area contributed by atoms with Gasteiger partial charge in [0.25, 0.3) is 5.91 Å². The van der Waals surface area contributed by atoms with Gasteiger partial charge in [0, 0.05) is 12.4 Å². The van der Waals surface area contributed by atoms with E-state index >= 15 is 0 Å². The molecule has 86 valence electrons. The lowest BCUT2D eigenvalue weighted by molar-refractivity contribution is 0.102. The highest BCUT2D eigenvalue weighted by Crippen LogP contribution is 2.14. The van der Waals surface area contributed by atoms with Gasteiger partial charge in [0.05, 0.1) is 10.6 Å². The number of rotatable bonds is 2. The van der Waals surface area contributed by atoms with Crippen molar-refractivity contribution in [2.75, 3.05) is 5.32 Å². The van der Waals surface area contributed by atoms with Gasteiger partial charge in [0.15, 0.2) is 0 Å². The van der Waals surface area contributed by atoms with Gasteiger partial charge in [-0.25, -0.2) is 9.97 Å². The summed E-state index contributed by atoms with van der Waals surface area (Å²) >= 11 is 11.5. The minimum absolute atomic E-state index is 0.152. The van der Waals surface area contributed by atoms with Crippen LogP contribution < -0.4 is 5.32 Å². The molecule has 0 fully saturated rings. The smallest absolute Gasteiger partial charge is 0.259 e. The summed E-state index contributed by atoms with van der Waals surface area (Å²) in [5.74, 6) is 0.0391. The molecule has 0 aliphatic heterocycles. The Morgan fingerprint density at radius 2 is 2.00 bits per heavy atom. The molecule has 2 rings (SSSR count). The number of aromatic nitrogens is 2. The van der Waals surface area contributed by atoms with Crippen molar-refractivity contribution in [3.05, 3.63) is 52.4 Å². The Morgan fingerprint density at radius 3 is 2.65 bits per heavy atom. The van der Waals surface area contributed by atoms with E-state index in [1.807, 2.05) is 0 Å². The van der Waals surface area contributed by atoms with Crippen molar-refractivity contribution in [3.8, 4) is 0 Å². The lowest BCUT2D eigenvalue weighted by Gasteiger charge is -2.04. The lowest BCUT2D eigenvalue weighted by Crippen LogP contribution is -2.13. The molecule has 2 aromatic heterocycles. The topological polar surface area (TPSA) is 54.9 Å². The summed E-state index contributed by atoms with van der Waals surface area (Å²) in [6.45, 7) is 0. The van der Waals surface area contributed by atoms with Crippen LogP contribution in [0.15, 0.2) is 36.7 Å². The van der Waals surface area contributed by atoms with E-state index in [0.717, 1.165) is 0 Å². The summed E-state index contributed by atoms with van der Waals surface area (Å²) in [7, 11) is 0. The maximum Gasteiger partial charge on any atom is 0.259 e. The number of pyridine rings is 2. The summed E-state index contributed by atoms with van der Waals surface area (Å²) in [4.78, 5) is 19.6. The minimum atomic E-state index is -0.363. The number of halogens is 2. The van der Waals surface area contributed by atoms with Gasteiger partial charge >= 0.3 is 0 Å². The number of hydrogen-bond acceptors (Lipinski definition) is 3. The van der Waals surface area contributed by atoms with Crippen molar-refractivity contribution in [1.82, 2.24) is 9.97 Å². The van der Waals surface area contributed by atoms with E-state index < -0.39 is 0 Å². The Kier molecular flexibility index (Phi) is 3.56. The summed E-state index contributed by atoms with van der Waals surface area (Å²) in [5, 5.41) is 3.25. The molecule has 0 saturated carbocycles. The standard InChI is InChI=1S/C11H7Cl2N3O/c12-7-3-4-9(15-6-7)16-11(17)8-2-1-5-14-10(8)13/h1-6H,(H,15,16,17). The van der Waals surface area contributed by atoms with Crippen LogP contribution in [0, 0.1) is 0 Å². The highest BCUT2D eigenvalue weighted by atomic mass is 35.5. The third kappa shape index (κ3) is 2.93. The molecular weight excluding hydrogens is 261 g/mol. The van der Waals surface area contributed by atoms with Gasteiger partial charge in [-0.2, -0.15) is 0 Å². The summed E-state index contributed by atoms with van der Waals surface area (Å²) in [5.41, 5.74) is 0.297. The monoisotopic (exact) mass is 267 g/mol. The van der Waals surface area contributed by atoms with Crippen molar-refractivity contribution >= 4 is 34.9 Å². The molecule has 6 heteroatoms. The van der Waals surface area contributed by atoms with Gasteiger partial charge in [0.1, 0.15) is 11.0 Å². The second-order valence-corrected chi connectivity index (χ2v) is 3.95. The predicted octanol–water partition coefficient (Wildman–Crippen LogP) is 3.04. The Labute approximate surface area is 108 Å². The molecule has 0 saturated heterocycles. The average Bonchev–Trinajstić information content (AvgIpc) is 2.32. The van der Waals surface area contributed by atoms with E-state index in [1.165, 1.54) is 12.4 Å². The summed E-state index contributed by atoms with van der Waals surface area (Å²) < 4.78 is 0. The highest BCUT2D eigenvalue weighted by molar-refractivity contribution is 6.33. The quantitative estimate of drug-likeness (QED) is 0.851. The maximum absolute atomic E-state index is 11.8. The number of amides is 1. The van der Waals surface area contributed by atoms with Gasteiger partial charge < -0.3 is 5.32 Å². The summed E-state index contributed by atoms with van der Waals surface area (Å²) in [6, 6.07) is 6.45. The van der Waals surface area contributed by atoms with E-state index in [1.54, 1.807) is 24.3 Å². The Bertz CT molecular complexity index is 543. The first kappa shape index (κ1) is 11.8. The zero-order chi connectivity index (χ0) is 12.3. The van der Waals surface area contributed by atoms with Gasteiger partial charge in [-0.15, -0.1) is 0 Å². The van der Waals surface area contributed by atoms with Crippen molar-refractivity contribution < 1.29 is 4.79 Å². The number of hydrogen-bond donors (Lipinski definition) is 1. The van der Waals surface area contributed by atoms with Crippen molar-refractivity contribution in [3.63, 3.8) is 0 Å². The molecule has 0 aromatic carbocycles. The molecule has 0 unspecified atom stereocenters. The number of carbonyl (C=O) groups excluding carboxylic acids is 1. The molecule has 2 aromatic rings. The summed E-state index contributed by atoms with van der Waals surface area (Å²) in [6.07, 6.45) is 2.96. The first-order valence-electron chi connectivity index (χ1n) is 4.70. The third-order valence-electron chi connectivity index (χ3n) is 1.97. The number of nitrogens with zero attached hydrogens (tertiary/aromatic N) is 2. The fraction of sp³-hybridized carbons (Fsp3) is 0. The fourth-order valence-electron chi connectivity index (χ4n) is 1.19. The zero-order valence-corrected chi connectivity index (χ0v) is 10.0. The van der Waals surface area contributed by atoms with E-state index in [9.17, 15) is 4.79 Å². The molecule has 2 heterocycles. The molecule has 0 atom stereocenters. The normalized spacial score (nSPS) is 10.0. The van der Waals surface area contributed by atoms with Crippen LogP contribution in [0.4, 0.5) is 5.82 Å². The fourth-order valence-corrected chi connectivity index (χ4v) is 1.51. The van der Waals surface area contributed by atoms with Crippen molar-refractivity contribution in [1.29, 1.82) is 0 Å². The average molecular weight is 268 g/mol. The van der Waals surface area contributed by atoms with Gasteiger partial charge in [0.2, 0.25) is 0 Å². The Hall–Kier alpha value is -1.65. The van der Waals surface area contributed by atoms with Gasteiger partial charge in [-0.1, -0.05) is 23.2 Å². The van der Waals surface area contributed by atoms with Crippen molar-refractivity contribution in [2.24, 2.45) is 0 Å². The first-order chi connectivity index (χ1) is 8.16. The van der Waals surface area contributed by atoms with E-state index in [2.05, 4.69) is 15.3 Å². The van der Waals surface area contributed by atoms with Crippen molar-refractivity contribution in [2.45, 2.75) is 0 Å². The molecule has 1 amide bonds. The van der Waals surface area contributed by atoms with E-state index in [4.69, 9.17) is 23.2 Å². The zero-order valence-electron chi connectivity index (χ0n) is 8.52. The number of anilines is 1. The second kappa shape index (κ2) is 5.12. The maximum atomic E-state index is 11.8. The van der Waals surface area contributed by atoms with Crippen LogP contribution in [-0.4, -0.2) is 15.9 Å². The molecule has 0 bridgehead atoms. The van der Waals surface area contributed by atoms with Crippen LogP contribution in [0.2, 0.25) is 10.2 Å². The molecular formula is C11H7Cl2N3O. The lowest BCUT2D eigenvalue weighted by atomic mass is 10.2. The second-order valence-electron chi connectivity index (χ2n) is 3.16. The first-order valence-corrected chi connectivity index (χ1v) is 5.46. The van der Waals surface area contributed by atoms with E-state index in [0.29, 0.717) is 16.4 Å². The minimum Gasteiger partial charge on any atom is -0.306 e. The van der Waals surface area contributed by atoms with Crippen LogP contribution in [0.5, 0.6) is 0 Å². The van der Waals surface area contributed by atoms with Crippen LogP contribution in [0.3, 0.4) is 0 Å². The Morgan fingerprint density at radius 1 is 1.18 bits per heavy atom. The van der Waals surface area contributed by atoms with Gasteiger partial charge in [-0.3, -0.25) is 4.79 Å². The van der Waals surface area contributed by atoms with Crippen LogP contribution in [0.1, 0.15) is 10.4 Å². The van der Waals surface area contributed by atoms with E-state index in [-0.39, 0.29) is 11.1 Å².